The van der Waals surface area contributed by atoms with Crippen LogP contribution in [0.3, 0.4) is 0 Å². The summed E-state index contributed by atoms with van der Waals surface area (Å²) in [6.45, 7) is -0.626. The Balaban J connectivity index is 1.93. The molecule has 0 aliphatic carbocycles. The fourth-order valence-corrected chi connectivity index (χ4v) is 1.67. The molecule has 0 heterocycles. The first-order chi connectivity index (χ1) is 10.9. The number of phenols is 3. The minimum atomic E-state index is -0.982. The van der Waals surface area contributed by atoms with Crippen molar-refractivity contribution < 1.29 is 34.0 Å². The molecule has 0 bridgehead atoms. The molecule has 2 rings (SSSR count). The molecule has 2 aromatic rings. The van der Waals surface area contributed by atoms with E-state index in [4.69, 9.17) is 4.74 Å². The van der Waals surface area contributed by atoms with Gasteiger partial charge in [-0.1, -0.05) is 0 Å². The molecule has 0 radical (unpaired) electrons. The Morgan fingerprint density at radius 3 is 2.17 bits per heavy atom. The Morgan fingerprint density at radius 1 is 1.04 bits per heavy atom. The van der Waals surface area contributed by atoms with E-state index in [1.54, 1.807) is 0 Å². The number of rotatable bonds is 4. The number of hydrogen-bond acceptors (Lipinski definition) is 6. The SMILES string of the molecule is O=C(COC(=O)c1cc(O)c(O)c(O)c1)Nc1ccc(F)cc1. The van der Waals surface area contributed by atoms with E-state index in [9.17, 15) is 29.3 Å². The highest BCUT2D eigenvalue weighted by Crippen LogP contribution is 2.35. The van der Waals surface area contributed by atoms with Crippen LogP contribution < -0.4 is 5.32 Å². The van der Waals surface area contributed by atoms with Crippen LogP contribution in [-0.2, 0) is 9.53 Å². The largest absolute Gasteiger partial charge is 0.504 e. The molecule has 7 nitrogen and oxygen atoms in total. The number of ether oxygens (including phenoxy) is 1. The summed E-state index contributed by atoms with van der Waals surface area (Å²) >= 11 is 0. The Morgan fingerprint density at radius 2 is 1.61 bits per heavy atom. The number of halogens is 1. The van der Waals surface area contributed by atoms with E-state index in [0.717, 1.165) is 24.3 Å². The van der Waals surface area contributed by atoms with Crippen molar-refractivity contribution in [1.82, 2.24) is 0 Å². The van der Waals surface area contributed by atoms with E-state index in [-0.39, 0.29) is 5.56 Å². The van der Waals surface area contributed by atoms with Gasteiger partial charge < -0.3 is 25.4 Å². The summed E-state index contributed by atoms with van der Waals surface area (Å²) in [6, 6.07) is 6.76. The molecule has 0 fully saturated rings. The second-order valence-electron chi connectivity index (χ2n) is 4.49. The zero-order valence-electron chi connectivity index (χ0n) is 11.6. The molecule has 0 saturated heterocycles. The van der Waals surface area contributed by atoms with Crippen molar-refractivity contribution in [3.05, 3.63) is 47.8 Å². The molecular formula is C15H12FNO6. The van der Waals surface area contributed by atoms with Crippen LogP contribution in [0.1, 0.15) is 10.4 Å². The van der Waals surface area contributed by atoms with Crippen LogP contribution in [0.4, 0.5) is 10.1 Å². The highest BCUT2D eigenvalue weighted by Gasteiger charge is 2.15. The Hall–Kier alpha value is -3.29. The van der Waals surface area contributed by atoms with E-state index >= 15 is 0 Å². The fraction of sp³-hybridized carbons (Fsp3) is 0.0667. The molecular weight excluding hydrogens is 309 g/mol. The fourth-order valence-electron chi connectivity index (χ4n) is 1.67. The predicted molar refractivity (Wildman–Crippen MR) is 76.7 cm³/mol. The number of amides is 1. The van der Waals surface area contributed by atoms with Gasteiger partial charge in [-0.05, 0) is 36.4 Å². The third-order valence-electron chi connectivity index (χ3n) is 2.77. The first-order valence-electron chi connectivity index (χ1n) is 6.34. The van der Waals surface area contributed by atoms with Gasteiger partial charge in [0.1, 0.15) is 5.82 Å². The van der Waals surface area contributed by atoms with Gasteiger partial charge in [-0.2, -0.15) is 0 Å². The molecule has 23 heavy (non-hydrogen) atoms. The maximum absolute atomic E-state index is 12.7. The van der Waals surface area contributed by atoms with Crippen LogP contribution in [0.15, 0.2) is 36.4 Å². The Bertz CT molecular complexity index is 721. The van der Waals surface area contributed by atoms with Crippen LogP contribution in [0.25, 0.3) is 0 Å². The number of hydrogen-bond donors (Lipinski definition) is 4. The van der Waals surface area contributed by atoms with Gasteiger partial charge in [-0.15, -0.1) is 0 Å². The summed E-state index contributed by atoms with van der Waals surface area (Å²) in [4.78, 5) is 23.3. The lowest BCUT2D eigenvalue weighted by molar-refractivity contribution is -0.119. The molecule has 2 aromatic carbocycles. The lowest BCUT2D eigenvalue weighted by Gasteiger charge is -2.08. The monoisotopic (exact) mass is 321 g/mol. The summed E-state index contributed by atoms with van der Waals surface area (Å²) in [5.74, 6) is -4.26. The third-order valence-corrected chi connectivity index (χ3v) is 2.77. The van der Waals surface area contributed by atoms with Crippen molar-refractivity contribution in [2.75, 3.05) is 11.9 Å². The predicted octanol–water partition coefficient (Wildman–Crippen LogP) is 1.74. The van der Waals surface area contributed by atoms with Gasteiger partial charge in [-0.25, -0.2) is 9.18 Å². The molecule has 8 heteroatoms. The molecule has 0 saturated carbocycles. The van der Waals surface area contributed by atoms with Crippen LogP contribution >= 0.6 is 0 Å². The summed E-state index contributed by atoms with van der Waals surface area (Å²) in [7, 11) is 0. The Kier molecular flexibility index (Phi) is 4.65. The molecule has 0 aliphatic heterocycles. The van der Waals surface area contributed by atoms with E-state index in [0.29, 0.717) is 5.69 Å². The van der Waals surface area contributed by atoms with E-state index in [2.05, 4.69) is 5.32 Å². The molecule has 1 amide bonds. The molecule has 0 unspecified atom stereocenters. The van der Waals surface area contributed by atoms with Gasteiger partial charge in [0.2, 0.25) is 0 Å². The van der Waals surface area contributed by atoms with Gasteiger partial charge in [0, 0.05) is 5.69 Å². The van der Waals surface area contributed by atoms with Crippen LogP contribution in [0.5, 0.6) is 17.2 Å². The summed E-state index contributed by atoms with van der Waals surface area (Å²) in [5.41, 5.74) is 0.0831. The number of benzene rings is 2. The molecule has 0 spiro atoms. The quantitative estimate of drug-likeness (QED) is 0.503. The van der Waals surface area contributed by atoms with Crippen molar-refractivity contribution in [2.45, 2.75) is 0 Å². The maximum Gasteiger partial charge on any atom is 0.338 e. The number of carbonyl (C=O) groups is 2. The molecule has 0 aromatic heterocycles. The van der Waals surface area contributed by atoms with Crippen molar-refractivity contribution in [3.8, 4) is 17.2 Å². The van der Waals surface area contributed by atoms with E-state index in [1.165, 1.54) is 12.1 Å². The number of carbonyl (C=O) groups excluding carboxylic acids is 2. The molecule has 0 atom stereocenters. The van der Waals surface area contributed by atoms with Gasteiger partial charge >= 0.3 is 5.97 Å². The second kappa shape index (κ2) is 6.65. The van der Waals surface area contributed by atoms with Crippen LogP contribution in [-0.4, -0.2) is 33.8 Å². The van der Waals surface area contributed by atoms with Crippen molar-refractivity contribution >= 4 is 17.6 Å². The minimum absolute atomic E-state index is 0.243. The summed E-state index contributed by atoms with van der Waals surface area (Å²) < 4.78 is 17.4. The highest BCUT2D eigenvalue weighted by atomic mass is 19.1. The van der Waals surface area contributed by atoms with Crippen molar-refractivity contribution in [2.24, 2.45) is 0 Å². The van der Waals surface area contributed by atoms with Crippen LogP contribution in [0.2, 0.25) is 0 Å². The van der Waals surface area contributed by atoms with Gasteiger partial charge in [0.05, 0.1) is 5.56 Å². The second-order valence-corrected chi connectivity index (χ2v) is 4.49. The lowest BCUT2D eigenvalue weighted by Crippen LogP contribution is -2.20. The molecule has 120 valence electrons. The maximum atomic E-state index is 12.7. The normalized spacial score (nSPS) is 10.1. The van der Waals surface area contributed by atoms with Gasteiger partial charge in [0.15, 0.2) is 23.9 Å². The number of phenolic OH excluding ortho intramolecular Hbond substituents is 3. The number of anilines is 1. The van der Waals surface area contributed by atoms with Crippen LogP contribution in [0, 0.1) is 5.82 Å². The first-order valence-corrected chi connectivity index (χ1v) is 6.34. The molecule has 4 N–H and O–H groups in total. The van der Waals surface area contributed by atoms with Gasteiger partial charge in [-0.3, -0.25) is 4.79 Å². The zero-order valence-corrected chi connectivity index (χ0v) is 11.6. The summed E-state index contributed by atoms with van der Waals surface area (Å²) in [5, 5.41) is 30.2. The number of aromatic hydroxyl groups is 3. The topological polar surface area (TPSA) is 116 Å². The average Bonchev–Trinajstić information content (AvgIpc) is 2.52. The standard InChI is InChI=1S/C15H12FNO6/c16-9-1-3-10(4-2-9)17-13(20)7-23-15(22)8-5-11(18)14(21)12(19)6-8/h1-6,18-19,21H,7H2,(H,17,20). The number of esters is 1. The summed E-state index contributed by atoms with van der Waals surface area (Å²) in [6.07, 6.45) is 0. The molecule has 0 aliphatic rings. The van der Waals surface area contributed by atoms with E-state index in [1.807, 2.05) is 0 Å². The first kappa shape index (κ1) is 16.1. The minimum Gasteiger partial charge on any atom is -0.504 e. The Labute approximate surface area is 129 Å². The zero-order chi connectivity index (χ0) is 17.0. The third kappa shape index (κ3) is 4.10. The van der Waals surface area contributed by atoms with E-state index < -0.39 is 41.5 Å². The average molecular weight is 321 g/mol. The van der Waals surface area contributed by atoms with Crippen molar-refractivity contribution in [1.29, 1.82) is 0 Å². The highest BCUT2D eigenvalue weighted by molar-refractivity contribution is 5.96. The lowest BCUT2D eigenvalue weighted by atomic mass is 10.2. The van der Waals surface area contributed by atoms with Crippen molar-refractivity contribution in [3.63, 3.8) is 0 Å². The smallest absolute Gasteiger partial charge is 0.338 e. The van der Waals surface area contributed by atoms with Gasteiger partial charge in [0.25, 0.3) is 5.91 Å². The number of nitrogens with one attached hydrogen (secondary N) is 1.